The number of aryl methyl sites for hydroxylation is 1. The number of hydrogen-bond acceptors (Lipinski definition) is 2. The molecular formula is C10H9FOS. The van der Waals surface area contributed by atoms with Gasteiger partial charge in [-0.05, 0) is 19.1 Å². The minimum absolute atomic E-state index is 0.0905. The summed E-state index contributed by atoms with van der Waals surface area (Å²) in [6.45, 7) is 1.81. The third kappa shape index (κ3) is 1.24. The second-order valence-corrected chi connectivity index (χ2v) is 4.16. The summed E-state index contributed by atoms with van der Waals surface area (Å²) in [5.74, 6) is -0.245. The number of hydrogen-bond donors (Lipinski definition) is 1. The Labute approximate surface area is 79.4 Å². The molecule has 1 heterocycles. The Hall–Kier alpha value is -0.930. The van der Waals surface area contributed by atoms with E-state index in [1.54, 1.807) is 6.07 Å². The van der Waals surface area contributed by atoms with Crippen molar-refractivity contribution in [2.45, 2.75) is 13.5 Å². The van der Waals surface area contributed by atoms with Crippen LogP contribution in [0, 0.1) is 12.7 Å². The fraction of sp³-hybridized carbons (Fsp3) is 0.200. The van der Waals surface area contributed by atoms with Gasteiger partial charge in [0.15, 0.2) is 0 Å². The molecule has 0 aliphatic heterocycles. The van der Waals surface area contributed by atoms with E-state index < -0.39 is 0 Å². The molecule has 1 N–H and O–H groups in total. The molecule has 1 nitrogen and oxygen atoms in total. The zero-order valence-corrected chi connectivity index (χ0v) is 7.99. The zero-order valence-electron chi connectivity index (χ0n) is 7.17. The summed E-state index contributed by atoms with van der Waals surface area (Å²) in [5, 5.41) is 9.65. The highest BCUT2D eigenvalue weighted by molar-refractivity contribution is 7.19. The largest absolute Gasteiger partial charge is 0.392 e. The van der Waals surface area contributed by atoms with Gasteiger partial charge in [-0.15, -0.1) is 11.3 Å². The maximum atomic E-state index is 13.3. The Bertz CT molecular complexity index is 447. The van der Waals surface area contributed by atoms with E-state index in [2.05, 4.69) is 0 Å². The molecule has 0 amide bonds. The second kappa shape index (κ2) is 3.09. The quantitative estimate of drug-likeness (QED) is 0.743. The first-order valence-electron chi connectivity index (χ1n) is 4.01. The fourth-order valence-electron chi connectivity index (χ4n) is 1.48. The van der Waals surface area contributed by atoms with Crippen LogP contribution < -0.4 is 0 Å². The molecule has 3 heteroatoms. The number of fused-ring (bicyclic) bond motifs is 1. The van der Waals surface area contributed by atoms with E-state index in [4.69, 9.17) is 5.11 Å². The molecule has 13 heavy (non-hydrogen) atoms. The number of halogens is 1. The number of thiophene rings is 1. The molecule has 0 spiro atoms. The minimum atomic E-state index is -0.245. The monoisotopic (exact) mass is 196 g/mol. The Morgan fingerprint density at radius 2 is 2.23 bits per heavy atom. The summed E-state index contributed by atoms with van der Waals surface area (Å²) in [4.78, 5) is 0.989. The van der Waals surface area contributed by atoms with Crippen LogP contribution in [-0.4, -0.2) is 5.11 Å². The summed E-state index contributed by atoms with van der Waals surface area (Å²) in [7, 11) is 0. The van der Waals surface area contributed by atoms with Crippen molar-refractivity contribution in [3.05, 3.63) is 34.5 Å². The SMILES string of the molecule is Cc1sc2cccc(F)c2c1CO. The van der Waals surface area contributed by atoms with Crippen molar-refractivity contribution >= 4 is 21.4 Å². The van der Waals surface area contributed by atoms with Crippen molar-refractivity contribution in [1.29, 1.82) is 0 Å². The molecule has 0 bridgehead atoms. The van der Waals surface area contributed by atoms with Gasteiger partial charge in [-0.25, -0.2) is 4.39 Å². The van der Waals surface area contributed by atoms with E-state index in [0.29, 0.717) is 5.39 Å². The lowest BCUT2D eigenvalue weighted by molar-refractivity contribution is 0.283. The molecular weight excluding hydrogens is 187 g/mol. The molecule has 2 rings (SSSR count). The number of rotatable bonds is 1. The predicted molar refractivity (Wildman–Crippen MR) is 52.4 cm³/mol. The van der Waals surface area contributed by atoms with Gasteiger partial charge >= 0.3 is 0 Å². The summed E-state index contributed by atoms with van der Waals surface area (Å²) in [6, 6.07) is 4.98. The predicted octanol–water partition coefficient (Wildman–Crippen LogP) is 2.84. The van der Waals surface area contributed by atoms with Gasteiger partial charge < -0.3 is 5.11 Å². The third-order valence-corrected chi connectivity index (χ3v) is 3.24. The molecule has 1 aromatic carbocycles. The topological polar surface area (TPSA) is 20.2 Å². The van der Waals surface area contributed by atoms with Crippen molar-refractivity contribution in [1.82, 2.24) is 0 Å². The maximum absolute atomic E-state index is 13.3. The van der Waals surface area contributed by atoms with Crippen LogP contribution >= 0.6 is 11.3 Å². The van der Waals surface area contributed by atoms with E-state index in [1.165, 1.54) is 17.4 Å². The number of benzene rings is 1. The average molecular weight is 196 g/mol. The van der Waals surface area contributed by atoms with Crippen molar-refractivity contribution < 1.29 is 9.50 Å². The van der Waals surface area contributed by atoms with Crippen molar-refractivity contribution in [2.75, 3.05) is 0 Å². The van der Waals surface area contributed by atoms with Gasteiger partial charge in [0.1, 0.15) is 5.82 Å². The second-order valence-electron chi connectivity index (χ2n) is 2.91. The highest BCUT2D eigenvalue weighted by Gasteiger charge is 2.11. The maximum Gasteiger partial charge on any atom is 0.132 e. The number of aliphatic hydroxyl groups is 1. The molecule has 0 atom stereocenters. The van der Waals surface area contributed by atoms with Crippen LogP contribution in [0.25, 0.3) is 10.1 Å². The lowest BCUT2D eigenvalue weighted by atomic mass is 10.1. The summed E-state index contributed by atoms with van der Waals surface area (Å²) in [5.41, 5.74) is 0.720. The molecule has 0 fully saturated rings. The van der Waals surface area contributed by atoms with Gasteiger partial charge in [-0.1, -0.05) is 6.07 Å². The van der Waals surface area contributed by atoms with Gasteiger partial charge in [-0.3, -0.25) is 0 Å². The van der Waals surface area contributed by atoms with E-state index in [-0.39, 0.29) is 12.4 Å². The van der Waals surface area contributed by atoms with E-state index in [1.807, 2.05) is 13.0 Å². The van der Waals surface area contributed by atoms with Crippen LogP contribution in [0.4, 0.5) is 4.39 Å². The Morgan fingerprint density at radius 1 is 1.46 bits per heavy atom. The normalized spacial score (nSPS) is 11.0. The lowest BCUT2D eigenvalue weighted by Gasteiger charge is -1.96. The van der Waals surface area contributed by atoms with E-state index in [9.17, 15) is 4.39 Å². The van der Waals surface area contributed by atoms with Gasteiger partial charge in [-0.2, -0.15) is 0 Å². The molecule has 2 aromatic rings. The van der Waals surface area contributed by atoms with Crippen LogP contribution in [0.1, 0.15) is 10.4 Å². The number of aliphatic hydroxyl groups excluding tert-OH is 1. The smallest absolute Gasteiger partial charge is 0.132 e. The molecule has 68 valence electrons. The van der Waals surface area contributed by atoms with Crippen molar-refractivity contribution in [2.24, 2.45) is 0 Å². The summed E-state index contributed by atoms with van der Waals surface area (Å²) >= 11 is 1.52. The van der Waals surface area contributed by atoms with Crippen molar-refractivity contribution in [3.63, 3.8) is 0 Å². The molecule has 0 aliphatic rings. The van der Waals surface area contributed by atoms with Gasteiger partial charge in [0.2, 0.25) is 0 Å². The van der Waals surface area contributed by atoms with Crippen LogP contribution in [0.3, 0.4) is 0 Å². The molecule has 0 unspecified atom stereocenters. The van der Waals surface area contributed by atoms with Crippen LogP contribution in [0.5, 0.6) is 0 Å². The average Bonchev–Trinajstić information content (AvgIpc) is 2.42. The first-order valence-corrected chi connectivity index (χ1v) is 4.83. The van der Waals surface area contributed by atoms with Gasteiger partial charge in [0.05, 0.1) is 6.61 Å². The summed E-state index contributed by atoms with van der Waals surface area (Å²) in [6.07, 6.45) is 0. The van der Waals surface area contributed by atoms with E-state index in [0.717, 1.165) is 15.1 Å². The molecule has 0 radical (unpaired) electrons. The zero-order chi connectivity index (χ0) is 9.42. The highest BCUT2D eigenvalue weighted by atomic mass is 32.1. The summed E-state index contributed by atoms with van der Waals surface area (Å²) < 4.78 is 14.2. The Kier molecular flexibility index (Phi) is 2.06. The van der Waals surface area contributed by atoms with Gasteiger partial charge in [0, 0.05) is 20.5 Å². The molecule has 1 aromatic heterocycles. The Balaban J connectivity index is 2.88. The standard InChI is InChI=1S/C10H9FOS/c1-6-7(5-12)10-8(11)3-2-4-9(10)13-6/h2-4,12H,5H2,1H3. The van der Waals surface area contributed by atoms with E-state index >= 15 is 0 Å². The molecule has 0 saturated heterocycles. The highest BCUT2D eigenvalue weighted by Crippen LogP contribution is 2.32. The van der Waals surface area contributed by atoms with Crippen LogP contribution in [-0.2, 0) is 6.61 Å². The van der Waals surface area contributed by atoms with Gasteiger partial charge in [0.25, 0.3) is 0 Å². The first kappa shape index (κ1) is 8.66. The van der Waals surface area contributed by atoms with Crippen LogP contribution in [0.15, 0.2) is 18.2 Å². The Morgan fingerprint density at radius 3 is 2.92 bits per heavy atom. The third-order valence-electron chi connectivity index (χ3n) is 2.12. The fourth-order valence-corrected chi connectivity index (χ4v) is 2.56. The van der Waals surface area contributed by atoms with Crippen LogP contribution in [0.2, 0.25) is 0 Å². The lowest BCUT2D eigenvalue weighted by Crippen LogP contribution is -1.85. The van der Waals surface area contributed by atoms with Crippen molar-refractivity contribution in [3.8, 4) is 0 Å². The molecule has 0 saturated carbocycles. The molecule has 0 aliphatic carbocycles. The minimum Gasteiger partial charge on any atom is -0.392 e. The first-order chi connectivity index (χ1) is 6.24.